The summed E-state index contributed by atoms with van der Waals surface area (Å²) in [7, 11) is 6.56. The van der Waals surface area contributed by atoms with Gasteiger partial charge in [-0.1, -0.05) is 12.1 Å². The quantitative estimate of drug-likeness (QED) is 0.753. The monoisotopic (exact) mass is 386 g/mol. The average molecular weight is 386 g/mol. The second-order valence-corrected chi connectivity index (χ2v) is 7.06. The predicted octanol–water partition coefficient (Wildman–Crippen LogP) is 3.80. The summed E-state index contributed by atoms with van der Waals surface area (Å²) in [6.45, 7) is 1.31. The van der Waals surface area contributed by atoms with Gasteiger partial charge in [-0.3, -0.25) is 0 Å². The summed E-state index contributed by atoms with van der Waals surface area (Å²) in [5, 5.41) is 0. The Kier molecular flexibility index (Phi) is 5.33. The molecule has 4 rings (SSSR count). The number of fused-ring (bicyclic) bond motifs is 1. The topological polar surface area (TPSA) is 55.4 Å². The Morgan fingerprint density at radius 2 is 1.00 bits per heavy atom. The van der Waals surface area contributed by atoms with E-state index in [1.54, 1.807) is 28.4 Å². The van der Waals surface area contributed by atoms with Crippen LogP contribution in [0, 0.1) is 11.8 Å². The van der Waals surface area contributed by atoms with E-state index in [1.807, 2.05) is 36.4 Å². The number of ether oxygens (including phenoxy) is 6. The van der Waals surface area contributed by atoms with Gasteiger partial charge in [0, 0.05) is 11.8 Å². The molecule has 0 aromatic heterocycles. The van der Waals surface area contributed by atoms with Gasteiger partial charge in [0.25, 0.3) is 0 Å². The molecule has 0 N–H and O–H groups in total. The summed E-state index contributed by atoms with van der Waals surface area (Å²) in [5.41, 5.74) is 2.17. The molecule has 2 aromatic rings. The third-order valence-corrected chi connectivity index (χ3v) is 5.74. The highest BCUT2D eigenvalue weighted by Crippen LogP contribution is 2.51. The van der Waals surface area contributed by atoms with E-state index in [1.165, 1.54) is 0 Å². The number of hydrogen-bond donors (Lipinski definition) is 0. The fourth-order valence-corrected chi connectivity index (χ4v) is 4.29. The van der Waals surface area contributed by atoms with Crippen LogP contribution in [0.2, 0.25) is 0 Å². The van der Waals surface area contributed by atoms with Crippen LogP contribution >= 0.6 is 0 Å². The van der Waals surface area contributed by atoms with Gasteiger partial charge in [0.2, 0.25) is 0 Å². The second-order valence-electron chi connectivity index (χ2n) is 7.06. The molecule has 6 heteroatoms. The summed E-state index contributed by atoms with van der Waals surface area (Å²) in [5.74, 6) is 3.43. The summed E-state index contributed by atoms with van der Waals surface area (Å²) in [6.07, 6.45) is -0.0371. The molecule has 0 spiro atoms. The largest absolute Gasteiger partial charge is 0.493 e. The normalized spacial score (nSPS) is 26.0. The molecular weight excluding hydrogens is 360 g/mol. The first-order valence-corrected chi connectivity index (χ1v) is 9.37. The summed E-state index contributed by atoms with van der Waals surface area (Å²) in [6, 6.07) is 11.9. The van der Waals surface area contributed by atoms with Gasteiger partial charge < -0.3 is 28.4 Å². The second kappa shape index (κ2) is 7.89. The molecule has 0 unspecified atom stereocenters. The lowest BCUT2D eigenvalue weighted by Crippen LogP contribution is -2.14. The van der Waals surface area contributed by atoms with Crippen molar-refractivity contribution in [3.63, 3.8) is 0 Å². The first-order chi connectivity index (χ1) is 13.7. The van der Waals surface area contributed by atoms with E-state index in [0.29, 0.717) is 36.2 Å². The van der Waals surface area contributed by atoms with Gasteiger partial charge in [-0.2, -0.15) is 0 Å². The smallest absolute Gasteiger partial charge is 0.161 e. The number of hydrogen-bond acceptors (Lipinski definition) is 6. The molecule has 4 atom stereocenters. The Labute approximate surface area is 165 Å². The Morgan fingerprint density at radius 3 is 1.36 bits per heavy atom. The van der Waals surface area contributed by atoms with E-state index < -0.39 is 0 Å². The SMILES string of the molecule is COc1ccc([C@H]2OC[C@H]3[C@@H]2CO[C@@H]3c2ccc(OC)c(OC)c2)cc1OC. The summed E-state index contributed by atoms with van der Waals surface area (Å²) < 4.78 is 34.0. The molecule has 0 bridgehead atoms. The van der Waals surface area contributed by atoms with E-state index in [0.717, 1.165) is 11.1 Å². The molecule has 2 heterocycles. The van der Waals surface area contributed by atoms with Crippen molar-refractivity contribution in [2.75, 3.05) is 41.7 Å². The maximum Gasteiger partial charge on any atom is 0.161 e. The Hall–Kier alpha value is -2.44. The molecular formula is C22H26O6. The molecule has 2 aromatic carbocycles. The molecule has 0 saturated carbocycles. The first kappa shape index (κ1) is 18.9. The van der Waals surface area contributed by atoms with Crippen molar-refractivity contribution in [2.45, 2.75) is 12.2 Å². The summed E-state index contributed by atoms with van der Waals surface area (Å²) in [4.78, 5) is 0. The zero-order valence-electron chi connectivity index (χ0n) is 16.6. The molecule has 28 heavy (non-hydrogen) atoms. The molecule has 150 valence electrons. The zero-order valence-corrected chi connectivity index (χ0v) is 16.6. The molecule has 6 nitrogen and oxygen atoms in total. The fourth-order valence-electron chi connectivity index (χ4n) is 4.29. The van der Waals surface area contributed by atoms with Gasteiger partial charge in [0.15, 0.2) is 23.0 Å². The van der Waals surface area contributed by atoms with Crippen LogP contribution in [-0.4, -0.2) is 41.7 Å². The van der Waals surface area contributed by atoms with E-state index in [4.69, 9.17) is 28.4 Å². The molecule has 2 aliphatic rings. The Morgan fingerprint density at radius 1 is 0.607 bits per heavy atom. The van der Waals surface area contributed by atoms with E-state index >= 15 is 0 Å². The standard InChI is InChI=1S/C22H26O6/c1-23-17-7-5-13(9-19(17)25-3)21-15-11-28-22(16(15)12-27-21)14-6-8-18(24-2)20(10-14)26-4/h5-10,15-16,21-22H,11-12H2,1-4H3/t15-,16-,21+,22+/m0/s1. The van der Waals surface area contributed by atoms with Crippen LogP contribution < -0.4 is 18.9 Å². The lowest BCUT2D eigenvalue weighted by molar-refractivity contribution is 0.0191. The van der Waals surface area contributed by atoms with Crippen molar-refractivity contribution < 1.29 is 28.4 Å². The van der Waals surface area contributed by atoms with Crippen LogP contribution in [0.3, 0.4) is 0 Å². The van der Waals surface area contributed by atoms with E-state index in [9.17, 15) is 0 Å². The van der Waals surface area contributed by atoms with Crippen LogP contribution in [0.4, 0.5) is 0 Å². The minimum Gasteiger partial charge on any atom is -0.493 e. The van der Waals surface area contributed by atoms with Crippen molar-refractivity contribution in [1.29, 1.82) is 0 Å². The van der Waals surface area contributed by atoms with Gasteiger partial charge >= 0.3 is 0 Å². The minimum atomic E-state index is -0.0186. The van der Waals surface area contributed by atoms with E-state index in [2.05, 4.69) is 0 Å². The van der Waals surface area contributed by atoms with Gasteiger partial charge in [-0.25, -0.2) is 0 Å². The third kappa shape index (κ3) is 3.16. The van der Waals surface area contributed by atoms with E-state index in [-0.39, 0.29) is 24.0 Å². The maximum atomic E-state index is 6.20. The van der Waals surface area contributed by atoms with Gasteiger partial charge in [-0.15, -0.1) is 0 Å². The van der Waals surface area contributed by atoms with Crippen LogP contribution in [0.15, 0.2) is 36.4 Å². The Bertz CT molecular complexity index is 766. The van der Waals surface area contributed by atoms with Crippen molar-refractivity contribution in [3.8, 4) is 23.0 Å². The van der Waals surface area contributed by atoms with Crippen molar-refractivity contribution in [3.05, 3.63) is 47.5 Å². The van der Waals surface area contributed by atoms with Gasteiger partial charge in [-0.05, 0) is 35.4 Å². The summed E-state index contributed by atoms with van der Waals surface area (Å²) >= 11 is 0. The maximum absolute atomic E-state index is 6.20. The average Bonchev–Trinajstić information content (AvgIpc) is 3.35. The number of methoxy groups -OCH3 is 4. The molecule has 2 aliphatic heterocycles. The molecule has 2 saturated heterocycles. The minimum absolute atomic E-state index is 0.0186. The van der Waals surface area contributed by atoms with Crippen LogP contribution in [0.25, 0.3) is 0 Å². The molecule has 0 radical (unpaired) electrons. The number of rotatable bonds is 6. The van der Waals surface area contributed by atoms with Gasteiger partial charge in [0.1, 0.15) is 0 Å². The number of benzene rings is 2. The fraction of sp³-hybridized carbons (Fsp3) is 0.455. The van der Waals surface area contributed by atoms with Crippen LogP contribution in [-0.2, 0) is 9.47 Å². The molecule has 2 fully saturated rings. The first-order valence-electron chi connectivity index (χ1n) is 9.37. The molecule has 0 amide bonds. The van der Waals surface area contributed by atoms with Crippen LogP contribution in [0.5, 0.6) is 23.0 Å². The lowest BCUT2D eigenvalue weighted by Gasteiger charge is -2.18. The third-order valence-electron chi connectivity index (χ3n) is 5.74. The van der Waals surface area contributed by atoms with Crippen molar-refractivity contribution in [1.82, 2.24) is 0 Å². The van der Waals surface area contributed by atoms with Crippen LogP contribution in [0.1, 0.15) is 23.3 Å². The highest BCUT2D eigenvalue weighted by atomic mass is 16.5. The highest BCUT2D eigenvalue weighted by molar-refractivity contribution is 5.45. The Balaban J connectivity index is 1.57. The van der Waals surface area contributed by atoms with Gasteiger partial charge in [0.05, 0.1) is 53.9 Å². The van der Waals surface area contributed by atoms with Crippen molar-refractivity contribution in [2.24, 2.45) is 11.8 Å². The lowest BCUT2D eigenvalue weighted by atomic mass is 9.85. The molecule has 0 aliphatic carbocycles. The highest BCUT2D eigenvalue weighted by Gasteiger charge is 2.48. The van der Waals surface area contributed by atoms with Crippen molar-refractivity contribution >= 4 is 0 Å². The predicted molar refractivity (Wildman–Crippen MR) is 103 cm³/mol. The zero-order chi connectivity index (χ0) is 19.7.